The molecule has 22 heavy (non-hydrogen) atoms. The van der Waals surface area contributed by atoms with E-state index in [0.717, 1.165) is 10.8 Å². The van der Waals surface area contributed by atoms with E-state index in [1.54, 1.807) is 12.1 Å². The summed E-state index contributed by atoms with van der Waals surface area (Å²) in [6.07, 6.45) is 0. The zero-order valence-corrected chi connectivity index (χ0v) is 24.8. The maximum atomic E-state index is 11.3. The van der Waals surface area contributed by atoms with E-state index in [4.69, 9.17) is 0 Å². The number of hydrogen-bond donors (Lipinski definition) is 0. The minimum Gasteiger partial charge on any atom is -0.545 e. The molecule has 0 N–H and O–H groups in total. The first kappa shape index (κ1) is 21.3. The molecule has 0 saturated carbocycles. The van der Waals surface area contributed by atoms with Gasteiger partial charge in [-0.05, 0) is 33.7 Å². The van der Waals surface area contributed by atoms with Gasteiger partial charge in [-0.1, -0.05) is 36.4 Å². The molecule has 0 aliphatic heterocycles. The van der Waals surface area contributed by atoms with E-state index in [0.29, 0.717) is 10.8 Å². The summed E-state index contributed by atoms with van der Waals surface area (Å²) in [6.45, 7) is 0. The molecule has 0 bridgehead atoms. The van der Waals surface area contributed by atoms with Crippen LogP contribution in [0.2, 0.25) is 0 Å². The molecule has 0 unspecified atom stereocenters. The van der Waals surface area contributed by atoms with Crippen LogP contribution >= 0.6 is 0 Å². The van der Waals surface area contributed by atoms with E-state index in [2.05, 4.69) is 0 Å². The van der Waals surface area contributed by atoms with Crippen molar-refractivity contribution in [1.29, 1.82) is 0 Å². The van der Waals surface area contributed by atoms with Gasteiger partial charge >= 0.3 is 138 Å². The molecule has 3 rings (SSSR count). The normalized spacial score (nSPS) is 9.82. The van der Waals surface area contributed by atoms with E-state index in [9.17, 15) is 19.8 Å². The number of carboxylic acid groups (broad SMARTS) is 2. The fraction of sp³-hybridized carbons (Fsp3) is 0. The molecule has 0 amide bonds. The minimum atomic E-state index is -1.53. The molecule has 0 heterocycles. The molecule has 0 spiro atoms. The van der Waals surface area contributed by atoms with Crippen molar-refractivity contribution in [2.45, 2.75) is 0 Å². The van der Waals surface area contributed by atoms with Gasteiger partial charge in [0, 0.05) is 11.1 Å². The molecule has 0 atom stereocenters. The summed E-state index contributed by atoms with van der Waals surface area (Å²) < 4.78 is 0. The van der Waals surface area contributed by atoms with Crippen molar-refractivity contribution in [2.75, 3.05) is 0 Å². The van der Waals surface area contributed by atoms with Gasteiger partial charge in [-0.3, -0.25) is 0 Å². The van der Waals surface area contributed by atoms with Crippen molar-refractivity contribution in [1.82, 2.24) is 0 Å². The number of carbonyl (C=O) groups is 2. The van der Waals surface area contributed by atoms with Crippen molar-refractivity contribution in [3.63, 3.8) is 0 Å². The average molecular weight is 530 g/mol. The molecule has 3 aromatic carbocycles. The molecule has 0 aliphatic rings. The Morgan fingerprint density at radius 1 is 0.727 bits per heavy atom. The van der Waals surface area contributed by atoms with Crippen LogP contribution in [0, 0.1) is 0 Å². The zero-order valence-electron chi connectivity index (χ0n) is 12.3. The van der Waals surface area contributed by atoms with Crippen molar-refractivity contribution in [2.24, 2.45) is 0 Å². The molecule has 0 radical (unpaired) electrons. The largest absolute Gasteiger partial charge is 1.00 e. The van der Waals surface area contributed by atoms with Crippen LogP contribution < -0.4 is 148 Å². The Morgan fingerprint density at radius 2 is 1.32 bits per heavy atom. The maximum absolute atomic E-state index is 11.3. The topological polar surface area (TPSA) is 80.3 Å². The van der Waals surface area contributed by atoms with Crippen LogP contribution in [0.15, 0.2) is 48.5 Å². The summed E-state index contributed by atoms with van der Waals surface area (Å²) in [5.41, 5.74) is -0.707. The Bertz CT molecular complexity index is 875. The SMILES string of the molecule is O=C([O-])c1ccc2cc3ccccc3cc2c1C(=O)[O-].[Cs+].[Cs+]. The summed E-state index contributed by atoms with van der Waals surface area (Å²) in [5.74, 6) is -3.05. The molecule has 98 valence electrons. The quantitative estimate of drug-likeness (QED) is 0.311. The number of benzene rings is 3. The molecular weight excluding hydrogens is 522 g/mol. The fourth-order valence-electron chi connectivity index (χ4n) is 2.40. The summed E-state index contributed by atoms with van der Waals surface area (Å²) >= 11 is 0. The van der Waals surface area contributed by atoms with Gasteiger partial charge in [-0.25, -0.2) is 0 Å². The second kappa shape index (κ2) is 9.07. The Balaban J connectivity index is 0.00000121. The molecule has 0 aliphatic carbocycles. The third kappa shape index (κ3) is 4.24. The van der Waals surface area contributed by atoms with E-state index in [-0.39, 0.29) is 149 Å². The molecule has 3 aromatic rings. The smallest absolute Gasteiger partial charge is 0.545 e. The first-order valence-electron chi connectivity index (χ1n) is 5.96. The van der Waals surface area contributed by atoms with E-state index in [1.807, 2.05) is 30.3 Å². The van der Waals surface area contributed by atoms with E-state index >= 15 is 0 Å². The van der Waals surface area contributed by atoms with Crippen molar-refractivity contribution in [3.05, 3.63) is 59.7 Å². The second-order valence-electron chi connectivity index (χ2n) is 4.48. The van der Waals surface area contributed by atoms with E-state index < -0.39 is 11.9 Å². The van der Waals surface area contributed by atoms with Crippen LogP contribution in [-0.2, 0) is 0 Å². The van der Waals surface area contributed by atoms with Gasteiger partial charge in [0.05, 0.1) is 11.9 Å². The predicted molar refractivity (Wildman–Crippen MR) is 70.1 cm³/mol. The average Bonchev–Trinajstić information content (AvgIpc) is 2.43. The van der Waals surface area contributed by atoms with Crippen LogP contribution in [-0.4, -0.2) is 11.9 Å². The second-order valence-corrected chi connectivity index (χ2v) is 4.48. The number of carboxylic acids is 2. The first-order chi connectivity index (χ1) is 9.58. The zero-order chi connectivity index (χ0) is 14.3. The number of rotatable bonds is 2. The van der Waals surface area contributed by atoms with Crippen LogP contribution in [0.3, 0.4) is 0 Å². The van der Waals surface area contributed by atoms with Gasteiger partial charge in [0.2, 0.25) is 0 Å². The van der Waals surface area contributed by atoms with Crippen molar-refractivity contribution in [3.8, 4) is 0 Å². The number of aromatic carboxylic acids is 2. The molecule has 0 saturated heterocycles. The summed E-state index contributed by atoms with van der Waals surface area (Å²) in [4.78, 5) is 22.3. The molecule has 4 nitrogen and oxygen atoms in total. The number of carbonyl (C=O) groups excluding carboxylic acids is 2. The first-order valence-corrected chi connectivity index (χ1v) is 5.96. The number of hydrogen-bond acceptors (Lipinski definition) is 4. The van der Waals surface area contributed by atoms with E-state index in [1.165, 1.54) is 6.07 Å². The van der Waals surface area contributed by atoms with Gasteiger partial charge in [0.15, 0.2) is 0 Å². The van der Waals surface area contributed by atoms with Gasteiger partial charge in [0.25, 0.3) is 0 Å². The van der Waals surface area contributed by atoms with Crippen molar-refractivity contribution >= 4 is 33.5 Å². The van der Waals surface area contributed by atoms with Crippen molar-refractivity contribution < 1.29 is 158 Å². The Hall–Kier alpha value is 1.22. The molecular formula is C16H8Cs2O4. The predicted octanol–water partition coefficient (Wildman–Crippen LogP) is -5.27. The van der Waals surface area contributed by atoms with Gasteiger partial charge < -0.3 is 19.8 Å². The standard InChI is InChI=1S/C16H10O4.2Cs/c17-15(18)12-6-5-11-7-9-3-1-2-4-10(9)8-13(11)14(12)16(19)20;;/h1-8H,(H,17,18)(H,19,20);;/q;2*+1/p-2. The molecule has 6 heteroatoms. The molecule has 0 fully saturated rings. The summed E-state index contributed by atoms with van der Waals surface area (Å²) in [7, 11) is 0. The summed E-state index contributed by atoms with van der Waals surface area (Å²) in [5, 5.41) is 25.1. The van der Waals surface area contributed by atoms with Gasteiger partial charge in [0.1, 0.15) is 0 Å². The minimum absolute atomic E-state index is 0. The third-order valence-corrected chi connectivity index (χ3v) is 3.31. The Kier molecular flexibility index (Phi) is 8.77. The van der Waals surface area contributed by atoms with Crippen LogP contribution in [0.1, 0.15) is 20.7 Å². The van der Waals surface area contributed by atoms with Gasteiger partial charge in [-0.2, -0.15) is 0 Å². The Labute approximate surface area is 244 Å². The van der Waals surface area contributed by atoms with Crippen LogP contribution in [0.5, 0.6) is 0 Å². The molecule has 0 aromatic heterocycles. The number of fused-ring (bicyclic) bond motifs is 2. The maximum Gasteiger partial charge on any atom is 1.00 e. The van der Waals surface area contributed by atoms with Crippen LogP contribution in [0.4, 0.5) is 0 Å². The Morgan fingerprint density at radius 3 is 1.86 bits per heavy atom. The van der Waals surface area contributed by atoms with Crippen LogP contribution in [0.25, 0.3) is 21.5 Å². The summed E-state index contributed by atoms with van der Waals surface area (Å²) in [6, 6.07) is 13.7. The fourth-order valence-corrected chi connectivity index (χ4v) is 2.40. The monoisotopic (exact) mass is 530 g/mol. The van der Waals surface area contributed by atoms with Gasteiger partial charge in [-0.15, -0.1) is 0 Å². The third-order valence-electron chi connectivity index (χ3n) is 3.31.